The van der Waals surface area contributed by atoms with Crippen LogP contribution in [0, 0.1) is 11.3 Å². The molecular formula is C23H33NOSi. The second-order valence-electron chi connectivity index (χ2n) is 9.05. The molecule has 2 atom stereocenters. The lowest BCUT2D eigenvalue weighted by atomic mass is 10.0. The zero-order valence-corrected chi connectivity index (χ0v) is 17.7. The molecule has 1 saturated carbocycles. The predicted octanol–water partition coefficient (Wildman–Crippen LogP) is 3.94. The highest BCUT2D eigenvalue weighted by Gasteiger charge is 2.52. The van der Waals surface area contributed by atoms with Gasteiger partial charge in [0, 0.05) is 6.61 Å². The van der Waals surface area contributed by atoms with E-state index in [4.69, 9.17) is 10.2 Å². The molecule has 0 aliphatic heterocycles. The van der Waals surface area contributed by atoms with Crippen LogP contribution in [0.25, 0.3) is 0 Å². The van der Waals surface area contributed by atoms with Gasteiger partial charge in [-0.15, -0.1) is 0 Å². The Hall–Kier alpha value is -1.42. The van der Waals surface area contributed by atoms with Crippen LogP contribution < -0.4 is 16.1 Å². The van der Waals surface area contributed by atoms with E-state index in [9.17, 15) is 0 Å². The van der Waals surface area contributed by atoms with Crippen molar-refractivity contribution in [3.05, 3.63) is 60.7 Å². The molecular weight excluding hydrogens is 334 g/mol. The maximum atomic E-state index is 6.97. The summed E-state index contributed by atoms with van der Waals surface area (Å²) in [6, 6.07) is 21.8. The van der Waals surface area contributed by atoms with Crippen molar-refractivity contribution in [3.8, 4) is 0 Å². The van der Waals surface area contributed by atoms with Crippen LogP contribution in [0.3, 0.4) is 0 Å². The molecule has 0 aromatic heterocycles. The normalized spacial score (nSPS) is 23.0. The van der Waals surface area contributed by atoms with Gasteiger partial charge in [-0.05, 0) is 46.1 Å². The number of rotatable bonds is 7. The largest absolute Gasteiger partial charge is 0.407 e. The number of hydrogen-bond acceptors (Lipinski definition) is 2. The molecule has 1 aliphatic carbocycles. The molecule has 0 radical (unpaired) electrons. The average molecular weight is 368 g/mol. The first kappa shape index (κ1) is 19.3. The highest BCUT2D eigenvalue weighted by molar-refractivity contribution is 6.99. The Morgan fingerprint density at radius 3 is 1.88 bits per heavy atom. The third-order valence-corrected chi connectivity index (χ3v) is 11.3. The summed E-state index contributed by atoms with van der Waals surface area (Å²) in [5, 5.41) is 2.76. The van der Waals surface area contributed by atoms with Crippen LogP contribution in [-0.2, 0) is 4.43 Å². The summed E-state index contributed by atoms with van der Waals surface area (Å²) in [7, 11) is -2.38. The monoisotopic (exact) mass is 367 g/mol. The maximum absolute atomic E-state index is 6.97. The molecule has 2 aromatic carbocycles. The van der Waals surface area contributed by atoms with Crippen LogP contribution in [0.4, 0.5) is 0 Å². The molecule has 140 valence electrons. The van der Waals surface area contributed by atoms with Crippen molar-refractivity contribution in [2.45, 2.75) is 45.6 Å². The van der Waals surface area contributed by atoms with Gasteiger partial charge in [0.2, 0.25) is 0 Å². The van der Waals surface area contributed by atoms with Crippen LogP contribution in [0.1, 0.15) is 40.5 Å². The van der Waals surface area contributed by atoms with E-state index in [1.807, 2.05) is 0 Å². The van der Waals surface area contributed by atoms with Crippen molar-refractivity contribution >= 4 is 18.7 Å². The van der Waals surface area contributed by atoms with E-state index in [2.05, 4.69) is 88.4 Å². The smallest absolute Gasteiger partial charge is 0.261 e. The molecule has 0 saturated heterocycles. The number of nitrogens with two attached hydrogens (primary N) is 1. The molecule has 3 rings (SSSR count). The van der Waals surface area contributed by atoms with Crippen molar-refractivity contribution in [1.29, 1.82) is 0 Å². The fraction of sp³-hybridized carbons (Fsp3) is 0.478. The lowest BCUT2D eigenvalue weighted by Gasteiger charge is -2.43. The molecule has 2 nitrogen and oxygen atoms in total. The molecule has 0 bridgehead atoms. The quantitative estimate of drug-likeness (QED) is 0.752. The lowest BCUT2D eigenvalue weighted by molar-refractivity contribution is 0.255. The fourth-order valence-electron chi connectivity index (χ4n) is 4.38. The van der Waals surface area contributed by atoms with Crippen LogP contribution in [0.5, 0.6) is 0 Å². The Balaban J connectivity index is 1.95. The van der Waals surface area contributed by atoms with Gasteiger partial charge in [0.25, 0.3) is 8.32 Å². The Kier molecular flexibility index (Phi) is 5.43. The number of hydrogen-bond donors (Lipinski definition) is 1. The Bertz CT molecular complexity index is 670. The van der Waals surface area contributed by atoms with Gasteiger partial charge in [-0.25, -0.2) is 0 Å². The maximum Gasteiger partial charge on any atom is 0.261 e. The van der Waals surface area contributed by atoms with Gasteiger partial charge in [0.1, 0.15) is 0 Å². The standard InChI is InChI=1S/C23H33NOSi/c1-22(2,3)26(20-11-7-5-8-12-20,21-13-9-6-10-14-21)25-16-15-23(4)17-19(23)18-24/h5-14,19H,15-18,24H2,1-4H3. The van der Waals surface area contributed by atoms with Crippen molar-refractivity contribution in [3.63, 3.8) is 0 Å². The first-order chi connectivity index (χ1) is 12.3. The number of benzene rings is 2. The summed E-state index contributed by atoms with van der Waals surface area (Å²) < 4.78 is 6.97. The third-order valence-electron chi connectivity index (χ3n) is 6.23. The van der Waals surface area contributed by atoms with Gasteiger partial charge in [0.15, 0.2) is 0 Å². The molecule has 0 amide bonds. The minimum atomic E-state index is -2.38. The van der Waals surface area contributed by atoms with Crippen LogP contribution >= 0.6 is 0 Å². The third kappa shape index (κ3) is 3.53. The summed E-state index contributed by atoms with van der Waals surface area (Å²) in [5.74, 6) is 0.672. The molecule has 1 aliphatic rings. The topological polar surface area (TPSA) is 35.2 Å². The predicted molar refractivity (Wildman–Crippen MR) is 113 cm³/mol. The minimum absolute atomic E-state index is 0.0490. The van der Waals surface area contributed by atoms with Gasteiger partial charge >= 0.3 is 0 Å². The zero-order chi connectivity index (χ0) is 18.8. The Labute approximate surface area is 159 Å². The van der Waals surface area contributed by atoms with Crippen molar-refractivity contribution in [2.75, 3.05) is 13.2 Å². The van der Waals surface area contributed by atoms with Crippen LogP contribution in [-0.4, -0.2) is 21.5 Å². The second-order valence-corrected chi connectivity index (χ2v) is 13.4. The fourth-order valence-corrected chi connectivity index (χ4v) is 8.94. The highest BCUT2D eigenvalue weighted by Crippen LogP contribution is 2.54. The molecule has 1 fully saturated rings. The molecule has 3 heteroatoms. The molecule has 2 aromatic rings. The van der Waals surface area contributed by atoms with Crippen molar-refractivity contribution < 1.29 is 4.43 Å². The van der Waals surface area contributed by atoms with E-state index in [0.29, 0.717) is 11.3 Å². The van der Waals surface area contributed by atoms with Gasteiger partial charge in [-0.3, -0.25) is 0 Å². The summed E-state index contributed by atoms with van der Waals surface area (Å²) >= 11 is 0. The highest BCUT2D eigenvalue weighted by atomic mass is 28.4. The Morgan fingerprint density at radius 1 is 1.00 bits per heavy atom. The zero-order valence-electron chi connectivity index (χ0n) is 16.7. The first-order valence-corrected chi connectivity index (χ1v) is 11.7. The van der Waals surface area contributed by atoms with Gasteiger partial charge in [0.05, 0.1) is 0 Å². The summed E-state index contributed by atoms with van der Waals surface area (Å²) in [6.45, 7) is 11.0. The first-order valence-electron chi connectivity index (χ1n) is 9.78. The van der Waals surface area contributed by atoms with Crippen LogP contribution in [0.2, 0.25) is 5.04 Å². The molecule has 26 heavy (non-hydrogen) atoms. The summed E-state index contributed by atoms with van der Waals surface area (Å²) in [6.07, 6.45) is 2.34. The summed E-state index contributed by atoms with van der Waals surface area (Å²) in [4.78, 5) is 0. The van der Waals surface area contributed by atoms with Crippen molar-refractivity contribution in [2.24, 2.45) is 17.1 Å². The second kappa shape index (κ2) is 7.30. The average Bonchev–Trinajstić information content (AvgIpc) is 3.30. The van der Waals surface area contributed by atoms with E-state index in [1.54, 1.807) is 0 Å². The van der Waals surface area contributed by atoms with Gasteiger partial charge in [-0.2, -0.15) is 0 Å². The minimum Gasteiger partial charge on any atom is -0.407 e. The molecule has 0 heterocycles. The van der Waals surface area contributed by atoms with Crippen LogP contribution in [0.15, 0.2) is 60.7 Å². The molecule has 0 spiro atoms. The van der Waals surface area contributed by atoms with E-state index < -0.39 is 8.32 Å². The molecule has 2 N–H and O–H groups in total. The van der Waals surface area contributed by atoms with E-state index in [0.717, 1.165) is 19.6 Å². The van der Waals surface area contributed by atoms with E-state index in [1.165, 1.54) is 16.8 Å². The summed E-state index contributed by atoms with van der Waals surface area (Å²) in [5.41, 5.74) is 6.26. The Morgan fingerprint density at radius 2 is 1.50 bits per heavy atom. The lowest BCUT2D eigenvalue weighted by Crippen LogP contribution is -2.66. The van der Waals surface area contributed by atoms with Crippen molar-refractivity contribution in [1.82, 2.24) is 0 Å². The van der Waals surface area contributed by atoms with E-state index in [-0.39, 0.29) is 5.04 Å². The SMILES string of the molecule is CC1(CCO[Si](c2ccccc2)(c2ccccc2)C(C)(C)C)CC1CN. The van der Waals surface area contributed by atoms with Gasteiger partial charge < -0.3 is 10.2 Å². The van der Waals surface area contributed by atoms with Gasteiger partial charge in [-0.1, -0.05) is 88.4 Å². The van der Waals surface area contributed by atoms with E-state index >= 15 is 0 Å². The molecule has 2 unspecified atom stereocenters.